The van der Waals surface area contributed by atoms with Crippen LogP contribution in [0.15, 0.2) is 47.4 Å². The smallest absolute Gasteiger partial charge is 0.311 e. The summed E-state index contributed by atoms with van der Waals surface area (Å²) in [6, 6.07) is 10.6. The first-order valence-electron chi connectivity index (χ1n) is 8.22. The molecule has 1 aliphatic carbocycles. The number of hydrogen-bond donors (Lipinski definition) is 1. The van der Waals surface area contributed by atoms with Crippen molar-refractivity contribution >= 4 is 17.6 Å². The van der Waals surface area contributed by atoms with Crippen LogP contribution in [0.25, 0.3) is 0 Å². The first-order valence-corrected chi connectivity index (χ1v) is 8.60. The van der Waals surface area contributed by atoms with Crippen molar-refractivity contribution in [1.82, 2.24) is 4.57 Å². The average Bonchev–Trinajstić information content (AvgIpc) is 3.06. The van der Waals surface area contributed by atoms with Crippen molar-refractivity contribution in [2.75, 3.05) is 0 Å². The molecular formula is C19H20ClNO3. The quantitative estimate of drug-likeness (QED) is 0.893. The fraction of sp³-hybridized carbons (Fsp3) is 0.368. The lowest BCUT2D eigenvalue weighted by Gasteiger charge is -2.20. The fourth-order valence-electron chi connectivity index (χ4n) is 3.56. The van der Waals surface area contributed by atoms with Gasteiger partial charge in [0.2, 0.25) is 0 Å². The first kappa shape index (κ1) is 16.8. The van der Waals surface area contributed by atoms with Gasteiger partial charge < -0.3 is 9.67 Å². The van der Waals surface area contributed by atoms with E-state index >= 15 is 0 Å². The van der Waals surface area contributed by atoms with E-state index in [-0.39, 0.29) is 11.5 Å². The molecule has 0 aliphatic heterocycles. The molecule has 0 unspecified atom stereocenters. The van der Waals surface area contributed by atoms with Crippen LogP contribution in [0, 0.1) is 5.92 Å². The van der Waals surface area contributed by atoms with Crippen LogP contribution in [0.3, 0.4) is 0 Å². The van der Waals surface area contributed by atoms with E-state index < -0.39 is 11.9 Å². The number of pyridine rings is 1. The molecule has 4 nitrogen and oxygen atoms in total. The molecule has 1 aromatic carbocycles. The summed E-state index contributed by atoms with van der Waals surface area (Å²) in [6.45, 7) is 0.418. The normalized spacial score (nSPS) is 16.2. The third kappa shape index (κ3) is 3.70. The van der Waals surface area contributed by atoms with E-state index in [4.69, 9.17) is 11.6 Å². The first-order chi connectivity index (χ1) is 11.5. The molecule has 1 N–H and O–H groups in total. The molecule has 0 amide bonds. The van der Waals surface area contributed by atoms with Crippen LogP contribution < -0.4 is 5.56 Å². The Morgan fingerprint density at radius 3 is 2.46 bits per heavy atom. The molecule has 1 heterocycles. The van der Waals surface area contributed by atoms with Crippen molar-refractivity contribution < 1.29 is 9.90 Å². The molecule has 2 aromatic rings. The number of hydrogen-bond acceptors (Lipinski definition) is 2. The molecule has 0 radical (unpaired) electrons. The van der Waals surface area contributed by atoms with Gasteiger partial charge in [0.15, 0.2) is 0 Å². The fourth-order valence-corrected chi connectivity index (χ4v) is 3.74. The average molecular weight is 346 g/mol. The number of benzene rings is 1. The zero-order valence-corrected chi connectivity index (χ0v) is 14.1. The van der Waals surface area contributed by atoms with Crippen LogP contribution in [-0.4, -0.2) is 15.6 Å². The summed E-state index contributed by atoms with van der Waals surface area (Å²) < 4.78 is 1.54. The van der Waals surface area contributed by atoms with Crippen molar-refractivity contribution in [3.8, 4) is 0 Å². The van der Waals surface area contributed by atoms with Gasteiger partial charge in [-0.2, -0.15) is 0 Å². The molecule has 1 atom stereocenters. The molecule has 5 heteroatoms. The third-order valence-electron chi connectivity index (χ3n) is 4.78. The predicted octanol–water partition coefficient (Wildman–Crippen LogP) is 3.91. The lowest BCUT2D eigenvalue weighted by molar-refractivity contribution is -0.140. The molecule has 1 aliphatic rings. The summed E-state index contributed by atoms with van der Waals surface area (Å²) in [4.78, 5) is 23.5. The van der Waals surface area contributed by atoms with Gasteiger partial charge in [0.25, 0.3) is 5.56 Å². The summed E-state index contributed by atoms with van der Waals surface area (Å²) >= 11 is 5.93. The van der Waals surface area contributed by atoms with Crippen LogP contribution >= 0.6 is 11.6 Å². The van der Waals surface area contributed by atoms with Crippen LogP contribution in [0.4, 0.5) is 0 Å². The maximum atomic E-state index is 11.8. The van der Waals surface area contributed by atoms with Gasteiger partial charge in [0.05, 0.1) is 17.5 Å². The van der Waals surface area contributed by atoms with Gasteiger partial charge in [0.1, 0.15) is 0 Å². The van der Waals surface area contributed by atoms with Crippen molar-refractivity contribution in [2.45, 2.75) is 38.1 Å². The summed E-state index contributed by atoms with van der Waals surface area (Å²) in [7, 11) is 0. The number of halogens is 1. The minimum absolute atomic E-state index is 0.113. The molecule has 126 valence electrons. The number of nitrogens with zero attached hydrogens (tertiary/aromatic N) is 1. The maximum absolute atomic E-state index is 11.8. The second-order valence-electron chi connectivity index (χ2n) is 6.42. The lowest BCUT2D eigenvalue weighted by atomic mass is 9.84. The van der Waals surface area contributed by atoms with Gasteiger partial charge in [-0.25, -0.2) is 0 Å². The number of aliphatic carboxylic acids is 1. The second-order valence-corrected chi connectivity index (χ2v) is 6.85. The second kappa shape index (κ2) is 7.22. The van der Waals surface area contributed by atoms with Crippen molar-refractivity contribution in [1.29, 1.82) is 0 Å². The molecule has 3 rings (SSSR count). The Hall–Kier alpha value is -2.07. The van der Waals surface area contributed by atoms with E-state index in [9.17, 15) is 14.7 Å². The van der Waals surface area contributed by atoms with E-state index in [1.807, 2.05) is 24.3 Å². The summed E-state index contributed by atoms with van der Waals surface area (Å²) in [5, 5.41) is 10.1. The summed E-state index contributed by atoms with van der Waals surface area (Å²) in [6.07, 6.45) is 5.80. The highest BCUT2D eigenvalue weighted by molar-refractivity contribution is 6.30. The largest absolute Gasteiger partial charge is 0.481 e. The Balaban J connectivity index is 1.80. The highest BCUT2D eigenvalue weighted by Gasteiger charge is 2.31. The molecule has 1 fully saturated rings. The van der Waals surface area contributed by atoms with Crippen LogP contribution in [0.1, 0.15) is 42.7 Å². The third-order valence-corrected chi connectivity index (χ3v) is 5.00. The SMILES string of the molecule is O=C(O)[C@H](c1ccc(Cn2cc(Cl)ccc2=O)cc1)C1CCCC1. The molecule has 1 aromatic heterocycles. The monoisotopic (exact) mass is 345 g/mol. The van der Waals surface area contributed by atoms with Crippen LogP contribution in [0.5, 0.6) is 0 Å². The Labute approximate surface area is 145 Å². The van der Waals surface area contributed by atoms with E-state index in [1.54, 1.807) is 16.8 Å². The van der Waals surface area contributed by atoms with Gasteiger partial charge in [0, 0.05) is 12.3 Å². The Bertz CT molecular complexity index is 776. The summed E-state index contributed by atoms with van der Waals surface area (Å²) in [5.74, 6) is -0.958. The van der Waals surface area contributed by atoms with Gasteiger partial charge >= 0.3 is 5.97 Å². The standard InChI is InChI=1S/C19H20ClNO3/c20-16-9-10-17(22)21(12-16)11-13-5-7-15(8-6-13)18(19(23)24)14-3-1-2-4-14/h5-10,12,14,18H,1-4,11H2,(H,23,24)/t18-/m0/s1. The Kier molecular flexibility index (Phi) is 5.05. The van der Waals surface area contributed by atoms with E-state index in [0.29, 0.717) is 11.6 Å². The minimum Gasteiger partial charge on any atom is -0.481 e. The van der Waals surface area contributed by atoms with Gasteiger partial charge in [-0.3, -0.25) is 9.59 Å². The van der Waals surface area contributed by atoms with Crippen molar-refractivity contribution in [3.05, 3.63) is 69.1 Å². The topological polar surface area (TPSA) is 59.3 Å². The molecule has 24 heavy (non-hydrogen) atoms. The molecule has 0 spiro atoms. The van der Waals surface area contributed by atoms with E-state index in [2.05, 4.69) is 0 Å². The van der Waals surface area contributed by atoms with Crippen molar-refractivity contribution in [3.63, 3.8) is 0 Å². The maximum Gasteiger partial charge on any atom is 0.311 e. The van der Waals surface area contributed by atoms with Gasteiger partial charge in [-0.15, -0.1) is 0 Å². The number of carbonyl (C=O) groups is 1. The van der Waals surface area contributed by atoms with E-state index in [0.717, 1.165) is 36.8 Å². The zero-order chi connectivity index (χ0) is 17.1. The van der Waals surface area contributed by atoms with Crippen LogP contribution in [0.2, 0.25) is 5.02 Å². The number of carboxylic acid groups (broad SMARTS) is 1. The Morgan fingerprint density at radius 1 is 1.17 bits per heavy atom. The highest BCUT2D eigenvalue weighted by Crippen LogP contribution is 2.37. The number of aromatic nitrogens is 1. The number of rotatable bonds is 5. The molecule has 1 saturated carbocycles. The lowest BCUT2D eigenvalue weighted by Crippen LogP contribution is -2.20. The highest BCUT2D eigenvalue weighted by atomic mass is 35.5. The molecule has 0 saturated heterocycles. The zero-order valence-electron chi connectivity index (χ0n) is 13.3. The molecular weight excluding hydrogens is 326 g/mol. The van der Waals surface area contributed by atoms with Crippen LogP contribution in [-0.2, 0) is 11.3 Å². The van der Waals surface area contributed by atoms with Gasteiger partial charge in [-0.1, -0.05) is 48.7 Å². The van der Waals surface area contributed by atoms with Crippen molar-refractivity contribution in [2.24, 2.45) is 5.92 Å². The Morgan fingerprint density at radius 2 is 1.83 bits per heavy atom. The molecule has 0 bridgehead atoms. The minimum atomic E-state index is -0.749. The number of carboxylic acids is 1. The van der Waals surface area contributed by atoms with E-state index in [1.165, 1.54) is 6.07 Å². The van der Waals surface area contributed by atoms with Gasteiger partial charge in [-0.05, 0) is 36.0 Å². The predicted molar refractivity (Wildman–Crippen MR) is 93.6 cm³/mol. The summed E-state index contributed by atoms with van der Waals surface area (Å²) in [5.41, 5.74) is 1.67.